The number of benzene rings is 3. The van der Waals surface area contributed by atoms with Crippen molar-refractivity contribution in [2.75, 3.05) is 0 Å². The smallest absolute Gasteiger partial charge is 0.307 e. The van der Waals surface area contributed by atoms with E-state index in [4.69, 9.17) is 11.6 Å². The van der Waals surface area contributed by atoms with Gasteiger partial charge in [0.25, 0.3) is 0 Å². The number of pyridine rings is 1. The zero-order valence-corrected chi connectivity index (χ0v) is 19.8. The van der Waals surface area contributed by atoms with Gasteiger partial charge in [-0.2, -0.15) is 0 Å². The number of carbonyl (C=O) groups excluding carboxylic acids is 1. The summed E-state index contributed by atoms with van der Waals surface area (Å²) in [5.41, 5.74) is 5.57. The van der Waals surface area contributed by atoms with E-state index in [0.29, 0.717) is 18.4 Å². The molecule has 1 aromatic heterocycles. The molecule has 0 saturated carbocycles. The number of Topliss-reactive ketones (excluding diaryl/α,β-unsaturated/α-hetero) is 1. The number of nitrogens with zero attached hydrogens (tertiary/aromatic N) is 1. The van der Waals surface area contributed by atoms with E-state index in [9.17, 15) is 14.7 Å². The van der Waals surface area contributed by atoms with Crippen LogP contribution in [-0.4, -0.2) is 21.8 Å². The zero-order chi connectivity index (χ0) is 24.1. The van der Waals surface area contributed by atoms with Crippen LogP contribution in [0.3, 0.4) is 0 Å². The lowest BCUT2D eigenvalue weighted by Crippen LogP contribution is -2.05. The summed E-state index contributed by atoms with van der Waals surface area (Å²) in [6, 6.07) is 21.5. The van der Waals surface area contributed by atoms with Gasteiger partial charge in [0.15, 0.2) is 5.78 Å². The normalized spacial score (nSPS) is 11.0. The van der Waals surface area contributed by atoms with Crippen molar-refractivity contribution in [3.63, 3.8) is 0 Å². The highest BCUT2D eigenvalue weighted by molar-refractivity contribution is 6.30. The van der Waals surface area contributed by atoms with E-state index >= 15 is 0 Å². The van der Waals surface area contributed by atoms with Gasteiger partial charge in [0.1, 0.15) is 0 Å². The molecular formula is C29H26ClNO3. The summed E-state index contributed by atoms with van der Waals surface area (Å²) in [6.45, 7) is 1.97. The van der Waals surface area contributed by atoms with Crippen LogP contribution in [0, 0.1) is 6.92 Å². The standard InChI is InChI=1S/C29H26ClNO3/c1-19-15-21(11-14-24(19)28(32)8-4-5-20-9-12-23(30)13-10-20)16-27-26-7-3-2-6-25(26)22(18-31-27)17-29(33)34/h2-3,6-7,9-15,18H,4-5,8,16-17H2,1H3,(H,33,34). The fraction of sp³-hybridized carbons (Fsp3) is 0.207. The molecule has 0 unspecified atom stereocenters. The Morgan fingerprint density at radius 1 is 0.941 bits per heavy atom. The second-order valence-corrected chi connectivity index (χ2v) is 9.01. The summed E-state index contributed by atoms with van der Waals surface area (Å²) in [4.78, 5) is 28.6. The third kappa shape index (κ3) is 5.70. The highest BCUT2D eigenvalue weighted by atomic mass is 35.5. The van der Waals surface area contributed by atoms with Gasteiger partial charge >= 0.3 is 5.97 Å². The highest BCUT2D eigenvalue weighted by Gasteiger charge is 2.13. The first-order chi connectivity index (χ1) is 16.4. The minimum Gasteiger partial charge on any atom is -0.481 e. The van der Waals surface area contributed by atoms with Crippen LogP contribution >= 0.6 is 11.6 Å². The summed E-state index contributed by atoms with van der Waals surface area (Å²) in [6.07, 6.45) is 4.36. The van der Waals surface area contributed by atoms with Crippen LogP contribution in [0.4, 0.5) is 0 Å². The predicted octanol–water partition coefficient (Wildman–Crippen LogP) is 6.62. The fourth-order valence-electron chi connectivity index (χ4n) is 4.34. The van der Waals surface area contributed by atoms with E-state index < -0.39 is 5.97 Å². The van der Waals surface area contributed by atoms with E-state index in [0.717, 1.165) is 51.0 Å². The fourth-order valence-corrected chi connectivity index (χ4v) is 4.46. The molecule has 1 N–H and O–H groups in total. The summed E-state index contributed by atoms with van der Waals surface area (Å²) >= 11 is 5.93. The van der Waals surface area contributed by atoms with Crippen molar-refractivity contribution in [2.45, 2.75) is 39.0 Å². The molecule has 0 atom stereocenters. The number of aromatic nitrogens is 1. The third-order valence-electron chi connectivity index (χ3n) is 6.05. The number of ketones is 1. The van der Waals surface area contributed by atoms with Crippen molar-refractivity contribution in [1.82, 2.24) is 4.98 Å². The van der Waals surface area contributed by atoms with E-state index in [1.165, 1.54) is 5.56 Å². The van der Waals surface area contributed by atoms with Crippen LogP contribution < -0.4 is 0 Å². The molecule has 0 aliphatic heterocycles. The molecule has 0 saturated heterocycles. The largest absolute Gasteiger partial charge is 0.481 e. The Balaban J connectivity index is 1.46. The monoisotopic (exact) mass is 471 g/mol. The lowest BCUT2D eigenvalue weighted by atomic mass is 9.95. The first-order valence-electron chi connectivity index (χ1n) is 11.3. The molecule has 5 heteroatoms. The van der Waals surface area contributed by atoms with Gasteiger partial charge in [-0.05, 0) is 59.5 Å². The number of halogens is 1. The Morgan fingerprint density at radius 3 is 2.35 bits per heavy atom. The summed E-state index contributed by atoms with van der Waals surface area (Å²) in [5.74, 6) is -0.719. The van der Waals surface area contributed by atoms with Crippen molar-refractivity contribution in [2.24, 2.45) is 0 Å². The summed E-state index contributed by atoms with van der Waals surface area (Å²) < 4.78 is 0. The number of aryl methyl sites for hydroxylation is 2. The van der Waals surface area contributed by atoms with Crippen molar-refractivity contribution in [1.29, 1.82) is 0 Å². The van der Waals surface area contributed by atoms with Gasteiger partial charge in [-0.1, -0.05) is 66.2 Å². The number of hydrogen-bond donors (Lipinski definition) is 1. The molecule has 1 heterocycles. The van der Waals surface area contributed by atoms with Crippen molar-refractivity contribution >= 4 is 34.1 Å². The quantitative estimate of drug-likeness (QED) is 0.278. The van der Waals surface area contributed by atoms with Crippen LogP contribution in [0.5, 0.6) is 0 Å². The molecule has 4 rings (SSSR count). The number of fused-ring (bicyclic) bond motifs is 1. The maximum atomic E-state index is 12.8. The lowest BCUT2D eigenvalue weighted by molar-refractivity contribution is -0.136. The number of rotatable bonds is 9. The van der Waals surface area contributed by atoms with Crippen LogP contribution in [0.1, 0.15) is 51.1 Å². The van der Waals surface area contributed by atoms with Gasteiger partial charge < -0.3 is 5.11 Å². The van der Waals surface area contributed by atoms with E-state index in [-0.39, 0.29) is 12.2 Å². The van der Waals surface area contributed by atoms with Gasteiger partial charge in [-0.15, -0.1) is 0 Å². The van der Waals surface area contributed by atoms with E-state index in [1.807, 2.05) is 73.7 Å². The highest BCUT2D eigenvalue weighted by Crippen LogP contribution is 2.25. The molecule has 0 amide bonds. The second kappa shape index (κ2) is 10.6. The Bertz CT molecular complexity index is 1350. The van der Waals surface area contributed by atoms with Gasteiger partial charge in [0, 0.05) is 35.0 Å². The molecular weight excluding hydrogens is 446 g/mol. The minimum absolute atomic E-state index is 0.0538. The van der Waals surface area contributed by atoms with E-state index in [1.54, 1.807) is 6.20 Å². The Kier molecular flexibility index (Phi) is 7.39. The maximum absolute atomic E-state index is 12.8. The number of aliphatic carboxylic acids is 1. The molecule has 0 aliphatic carbocycles. The molecule has 0 bridgehead atoms. The molecule has 0 spiro atoms. The minimum atomic E-state index is -0.872. The van der Waals surface area contributed by atoms with Crippen molar-refractivity contribution < 1.29 is 14.7 Å². The number of carboxylic acid groups (broad SMARTS) is 1. The topological polar surface area (TPSA) is 67.3 Å². The third-order valence-corrected chi connectivity index (χ3v) is 6.30. The van der Waals surface area contributed by atoms with Crippen LogP contribution in [0.2, 0.25) is 5.02 Å². The lowest BCUT2D eigenvalue weighted by Gasteiger charge is -2.11. The average molecular weight is 472 g/mol. The van der Waals surface area contributed by atoms with Crippen LogP contribution in [-0.2, 0) is 24.1 Å². The van der Waals surface area contributed by atoms with Gasteiger partial charge in [0.05, 0.1) is 12.1 Å². The Morgan fingerprint density at radius 2 is 1.65 bits per heavy atom. The molecule has 3 aromatic carbocycles. The summed E-state index contributed by atoms with van der Waals surface area (Å²) in [5, 5.41) is 11.8. The maximum Gasteiger partial charge on any atom is 0.307 e. The number of carbonyl (C=O) groups is 2. The molecule has 4 nitrogen and oxygen atoms in total. The molecule has 0 fully saturated rings. The first kappa shape index (κ1) is 23.7. The Labute approximate surface area is 204 Å². The van der Waals surface area contributed by atoms with Gasteiger partial charge in [-0.25, -0.2) is 0 Å². The molecule has 4 aromatic rings. The zero-order valence-electron chi connectivity index (χ0n) is 19.1. The van der Waals surface area contributed by atoms with Crippen LogP contribution in [0.25, 0.3) is 10.8 Å². The summed E-state index contributed by atoms with van der Waals surface area (Å²) in [7, 11) is 0. The molecule has 0 aliphatic rings. The Hall–Kier alpha value is -3.50. The van der Waals surface area contributed by atoms with Gasteiger partial charge in [0.2, 0.25) is 0 Å². The molecule has 34 heavy (non-hydrogen) atoms. The average Bonchev–Trinajstić information content (AvgIpc) is 2.82. The van der Waals surface area contributed by atoms with Crippen molar-refractivity contribution in [3.05, 3.63) is 111 Å². The first-order valence-corrected chi connectivity index (χ1v) is 11.7. The SMILES string of the molecule is Cc1cc(Cc2ncc(CC(=O)O)c3ccccc23)ccc1C(=O)CCCc1ccc(Cl)cc1. The number of carboxylic acids is 1. The number of hydrogen-bond acceptors (Lipinski definition) is 3. The van der Waals surface area contributed by atoms with Gasteiger partial charge in [-0.3, -0.25) is 14.6 Å². The molecule has 0 radical (unpaired) electrons. The molecule has 172 valence electrons. The van der Waals surface area contributed by atoms with E-state index in [2.05, 4.69) is 4.98 Å². The second-order valence-electron chi connectivity index (χ2n) is 8.58. The van der Waals surface area contributed by atoms with Crippen molar-refractivity contribution in [3.8, 4) is 0 Å². The predicted molar refractivity (Wildman–Crippen MR) is 136 cm³/mol. The van der Waals surface area contributed by atoms with Crippen LogP contribution in [0.15, 0.2) is 72.9 Å².